The highest BCUT2D eigenvalue weighted by atomic mass is 16.5. The highest BCUT2D eigenvalue weighted by Crippen LogP contribution is 2.29. The van der Waals surface area contributed by atoms with Gasteiger partial charge in [-0.2, -0.15) is 0 Å². The van der Waals surface area contributed by atoms with Crippen LogP contribution in [0.25, 0.3) is 0 Å². The predicted molar refractivity (Wildman–Crippen MR) is 154 cm³/mol. The minimum absolute atomic E-state index is 0.0821. The van der Waals surface area contributed by atoms with Crippen LogP contribution in [0.5, 0.6) is 17.2 Å². The van der Waals surface area contributed by atoms with E-state index in [1.165, 1.54) is 4.90 Å². The molecule has 2 aromatic rings. The van der Waals surface area contributed by atoms with Crippen molar-refractivity contribution in [1.82, 2.24) is 20.4 Å². The van der Waals surface area contributed by atoms with Gasteiger partial charge >= 0.3 is 0 Å². The molecule has 2 heterocycles. The van der Waals surface area contributed by atoms with Crippen molar-refractivity contribution in [2.75, 3.05) is 39.3 Å². The summed E-state index contributed by atoms with van der Waals surface area (Å²) in [6, 6.07) is 11.6. The van der Waals surface area contributed by atoms with Gasteiger partial charge in [-0.05, 0) is 42.2 Å². The molecule has 1 fully saturated rings. The Morgan fingerprint density at radius 3 is 2.56 bits per heavy atom. The number of nitrogens with one attached hydrogen (secondary N) is 2. The number of amides is 4. The first-order valence-electron chi connectivity index (χ1n) is 14.1. The molecular formula is C31H40N4O6. The number of hydrogen-bond donors (Lipinski definition) is 2. The van der Waals surface area contributed by atoms with E-state index in [1.54, 1.807) is 23.1 Å². The van der Waals surface area contributed by atoms with Crippen LogP contribution in [0.1, 0.15) is 50.5 Å². The van der Waals surface area contributed by atoms with Gasteiger partial charge in [-0.1, -0.05) is 46.8 Å². The molecule has 2 aliphatic rings. The maximum atomic E-state index is 13.4. The Balaban J connectivity index is 1.63. The number of carbonyl (C=O) groups excluding carboxylic acids is 4. The normalized spacial score (nSPS) is 18.6. The van der Waals surface area contributed by atoms with Crippen LogP contribution in [0.15, 0.2) is 42.5 Å². The second-order valence-electron chi connectivity index (χ2n) is 12.0. The summed E-state index contributed by atoms with van der Waals surface area (Å²) in [4.78, 5) is 56.0. The largest absolute Gasteiger partial charge is 0.493 e. The van der Waals surface area contributed by atoms with E-state index in [1.807, 2.05) is 58.9 Å². The third kappa shape index (κ3) is 7.77. The molecule has 2 aromatic carbocycles. The number of carbonyl (C=O) groups is 4. The number of hydrogen-bond acceptors (Lipinski definition) is 6. The molecule has 0 unspecified atom stereocenters. The molecule has 0 aliphatic carbocycles. The van der Waals surface area contributed by atoms with Crippen molar-refractivity contribution < 1.29 is 28.7 Å². The van der Waals surface area contributed by atoms with E-state index in [0.29, 0.717) is 43.4 Å². The fourth-order valence-corrected chi connectivity index (χ4v) is 4.78. The van der Waals surface area contributed by atoms with Gasteiger partial charge in [0.15, 0.2) is 0 Å². The number of rotatable bonds is 3. The number of benzene rings is 2. The Morgan fingerprint density at radius 1 is 1.05 bits per heavy atom. The summed E-state index contributed by atoms with van der Waals surface area (Å²) in [7, 11) is 0. The Hall–Kier alpha value is -4.08. The van der Waals surface area contributed by atoms with Crippen LogP contribution in [0.3, 0.4) is 0 Å². The lowest BCUT2D eigenvalue weighted by molar-refractivity contribution is -0.151. The summed E-state index contributed by atoms with van der Waals surface area (Å²) >= 11 is 0. The fourth-order valence-electron chi connectivity index (χ4n) is 4.78. The van der Waals surface area contributed by atoms with Crippen LogP contribution in [0.2, 0.25) is 0 Å². The highest BCUT2D eigenvalue weighted by molar-refractivity contribution is 5.98. The van der Waals surface area contributed by atoms with Crippen molar-refractivity contribution in [3.05, 3.63) is 53.6 Å². The predicted octanol–water partition coefficient (Wildman–Crippen LogP) is 3.00. The Labute approximate surface area is 241 Å². The molecule has 0 saturated carbocycles. The Bertz CT molecular complexity index is 1300. The van der Waals surface area contributed by atoms with E-state index >= 15 is 0 Å². The van der Waals surface area contributed by atoms with Gasteiger partial charge in [-0.25, -0.2) is 0 Å². The molecule has 2 N–H and O–H groups in total. The minimum Gasteiger partial charge on any atom is -0.493 e. The monoisotopic (exact) mass is 564 g/mol. The van der Waals surface area contributed by atoms with Gasteiger partial charge in [0.25, 0.3) is 5.91 Å². The zero-order valence-corrected chi connectivity index (χ0v) is 24.5. The van der Waals surface area contributed by atoms with Gasteiger partial charge in [0.1, 0.15) is 23.3 Å². The SMILES string of the molecule is CC(C)COc1cc2cc(c1)C(=O)NCC(=O)N1CCN(C(=O)C(C)(C)C)C[C@@H]1C(=O)NCCc1cccc(c1)O2. The second-order valence-corrected chi connectivity index (χ2v) is 12.0. The highest BCUT2D eigenvalue weighted by Gasteiger charge is 2.39. The van der Waals surface area contributed by atoms with Gasteiger partial charge in [-0.3, -0.25) is 19.2 Å². The lowest BCUT2D eigenvalue weighted by Crippen LogP contribution is -2.63. The average Bonchev–Trinajstić information content (AvgIpc) is 2.93. The van der Waals surface area contributed by atoms with Crippen molar-refractivity contribution in [3.63, 3.8) is 0 Å². The van der Waals surface area contributed by atoms with E-state index in [2.05, 4.69) is 10.6 Å². The first-order valence-corrected chi connectivity index (χ1v) is 14.1. The van der Waals surface area contributed by atoms with Crippen LogP contribution in [0.4, 0.5) is 0 Å². The minimum atomic E-state index is -0.871. The first-order chi connectivity index (χ1) is 19.4. The molecule has 4 bridgehead atoms. The van der Waals surface area contributed by atoms with Gasteiger partial charge in [0, 0.05) is 36.7 Å². The summed E-state index contributed by atoms with van der Waals surface area (Å²) in [6.45, 7) is 10.6. The van der Waals surface area contributed by atoms with Gasteiger partial charge in [0.05, 0.1) is 19.7 Å². The molecule has 2 aliphatic heterocycles. The molecule has 0 aromatic heterocycles. The molecule has 10 nitrogen and oxygen atoms in total. The quantitative estimate of drug-likeness (QED) is 0.592. The smallest absolute Gasteiger partial charge is 0.251 e. The van der Waals surface area contributed by atoms with Crippen molar-refractivity contribution in [3.8, 4) is 17.2 Å². The number of nitrogens with zero attached hydrogens (tertiary/aromatic N) is 2. The first kappa shape index (κ1) is 29.9. The molecule has 220 valence electrons. The van der Waals surface area contributed by atoms with Crippen molar-refractivity contribution >= 4 is 23.6 Å². The van der Waals surface area contributed by atoms with Crippen molar-refractivity contribution in [1.29, 1.82) is 0 Å². The van der Waals surface area contributed by atoms with Crippen LogP contribution >= 0.6 is 0 Å². The molecule has 41 heavy (non-hydrogen) atoms. The van der Waals surface area contributed by atoms with E-state index in [-0.39, 0.29) is 42.9 Å². The second kappa shape index (κ2) is 12.6. The molecule has 10 heteroatoms. The molecule has 4 rings (SSSR count). The molecule has 0 radical (unpaired) electrons. The lowest BCUT2D eigenvalue weighted by Gasteiger charge is -2.42. The standard InChI is InChI=1S/C31H40N4O6/c1-20(2)19-40-24-14-22-15-25(16-24)41-23-8-6-7-21(13-23)9-10-32-29(38)26-18-34(30(39)31(3,4)5)11-12-35(26)27(36)17-33-28(22)37/h6-8,13-16,20,26H,9-12,17-19H2,1-5H3,(H,32,38)(H,33,37)/t26-/m1/s1. The maximum Gasteiger partial charge on any atom is 0.251 e. The average molecular weight is 565 g/mol. The van der Waals surface area contributed by atoms with Gasteiger partial charge < -0.3 is 29.9 Å². The molecule has 1 atom stereocenters. The van der Waals surface area contributed by atoms with Crippen LogP contribution in [0, 0.1) is 11.3 Å². The summed E-state index contributed by atoms with van der Waals surface area (Å²) < 4.78 is 12.0. The van der Waals surface area contributed by atoms with Crippen LogP contribution in [-0.2, 0) is 20.8 Å². The van der Waals surface area contributed by atoms with E-state index in [4.69, 9.17) is 9.47 Å². The molecule has 4 amide bonds. The number of ether oxygens (including phenoxy) is 2. The van der Waals surface area contributed by atoms with Gasteiger partial charge in [0.2, 0.25) is 17.7 Å². The zero-order chi connectivity index (χ0) is 29.7. The zero-order valence-electron chi connectivity index (χ0n) is 24.5. The maximum absolute atomic E-state index is 13.4. The summed E-state index contributed by atoms with van der Waals surface area (Å²) in [6.07, 6.45) is 0.539. The van der Waals surface area contributed by atoms with Crippen molar-refractivity contribution in [2.45, 2.75) is 47.1 Å². The van der Waals surface area contributed by atoms with Gasteiger partial charge in [-0.15, -0.1) is 0 Å². The molecular weight excluding hydrogens is 524 g/mol. The van der Waals surface area contributed by atoms with Crippen LogP contribution < -0.4 is 20.1 Å². The molecule has 0 spiro atoms. The number of fused-ring (bicyclic) bond motifs is 5. The third-order valence-corrected chi connectivity index (χ3v) is 6.90. The summed E-state index contributed by atoms with van der Waals surface area (Å²) in [5.41, 5.74) is 0.607. The fraction of sp³-hybridized carbons (Fsp3) is 0.484. The van der Waals surface area contributed by atoms with Crippen molar-refractivity contribution in [2.24, 2.45) is 11.3 Å². The third-order valence-electron chi connectivity index (χ3n) is 6.90. The number of piperazine rings is 1. The van der Waals surface area contributed by atoms with Crippen LogP contribution in [-0.4, -0.2) is 78.8 Å². The topological polar surface area (TPSA) is 117 Å². The van der Waals surface area contributed by atoms with E-state index < -0.39 is 23.3 Å². The Kier molecular flexibility index (Phi) is 9.20. The Morgan fingerprint density at radius 2 is 1.83 bits per heavy atom. The van der Waals surface area contributed by atoms with E-state index in [0.717, 1.165) is 5.56 Å². The summed E-state index contributed by atoms with van der Waals surface area (Å²) in [5, 5.41) is 5.62. The lowest BCUT2D eigenvalue weighted by atomic mass is 9.93. The molecule has 1 saturated heterocycles. The van der Waals surface area contributed by atoms with E-state index in [9.17, 15) is 19.2 Å². The summed E-state index contributed by atoms with van der Waals surface area (Å²) in [5.74, 6) is 0.473.